The van der Waals surface area contributed by atoms with E-state index in [4.69, 9.17) is 11.6 Å². The van der Waals surface area contributed by atoms with Gasteiger partial charge in [0, 0.05) is 23.1 Å². The van der Waals surface area contributed by atoms with Crippen LogP contribution >= 0.6 is 23.4 Å². The summed E-state index contributed by atoms with van der Waals surface area (Å²) in [5, 5.41) is 3.50. The third kappa shape index (κ3) is 4.18. The highest BCUT2D eigenvalue weighted by molar-refractivity contribution is 7.98. The first-order valence-corrected chi connectivity index (χ1v) is 10.0. The van der Waals surface area contributed by atoms with Gasteiger partial charge in [-0.15, -0.1) is 0 Å². The molecule has 29 heavy (non-hydrogen) atoms. The molecule has 2 aromatic carbocycles. The molecule has 1 aliphatic rings. The van der Waals surface area contributed by atoms with E-state index in [2.05, 4.69) is 15.3 Å². The van der Waals surface area contributed by atoms with Crippen LogP contribution in [-0.2, 0) is 10.5 Å². The second kappa shape index (κ2) is 7.96. The van der Waals surface area contributed by atoms with E-state index in [0.717, 1.165) is 23.8 Å². The summed E-state index contributed by atoms with van der Waals surface area (Å²) in [5.41, 5.74) is 0.547. The lowest BCUT2D eigenvalue weighted by atomic mass is 9.86. The van der Waals surface area contributed by atoms with Crippen molar-refractivity contribution in [2.45, 2.75) is 23.2 Å². The number of nitrogens with one attached hydrogen (secondary N) is 2. The maximum Gasteiger partial charge on any atom is 0.257 e. The number of carbonyl (C=O) groups is 1. The average Bonchev–Trinajstić information content (AvgIpc) is 2.68. The Balaban J connectivity index is 1.67. The van der Waals surface area contributed by atoms with Crippen LogP contribution in [0.15, 0.2) is 52.4 Å². The Bertz CT molecular complexity index is 1150. The zero-order chi connectivity index (χ0) is 20.5. The largest absolute Gasteiger partial charge is 0.310 e. The van der Waals surface area contributed by atoms with Gasteiger partial charge in [0.1, 0.15) is 17.5 Å². The zero-order valence-corrected chi connectivity index (χ0v) is 16.4. The van der Waals surface area contributed by atoms with E-state index in [-0.39, 0.29) is 23.4 Å². The number of nitrogens with zero attached hydrogens (tertiary/aromatic N) is 1. The summed E-state index contributed by atoms with van der Waals surface area (Å²) in [6.07, 6.45) is -0.171. The third-order valence-electron chi connectivity index (χ3n) is 4.55. The molecule has 9 heteroatoms. The van der Waals surface area contributed by atoms with Crippen LogP contribution in [0.25, 0.3) is 0 Å². The lowest BCUT2D eigenvalue weighted by molar-refractivity contribution is -0.116. The first-order valence-electron chi connectivity index (χ1n) is 8.67. The molecule has 0 saturated heterocycles. The van der Waals surface area contributed by atoms with Gasteiger partial charge in [0.05, 0.1) is 5.56 Å². The highest BCUT2D eigenvalue weighted by Gasteiger charge is 2.32. The standard InChI is InChI=1S/C20H14ClF2N3O2S/c21-11-3-1-10(2-4-11)9-29-20-25-18-17(19(28)26-20)14(8-16(27)24-18)13-7-12(22)5-6-15(13)23/h1-7,14H,8-9H2,(H2,24,25,26,27,28)/t14-/m1/s1. The minimum Gasteiger partial charge on any atom is -0.310 e. The van der Waals surface area contributed by atoms with E-state index < -0.39 is 29.0 Å². The van der Waals surface area contributed by atoms with Gasteiger partial charge in [0.15, 0.2) is 5.16 Å². The topological polar surface area (TPSA) is 74.8 Å². The van der Waals surface area contributed by atoms with Crippen molar-refractivity contribution >= 4 is 35.1 Å². The second-order valence-corrected chi connectivity index (χ2v) is 7.92. The summed E-state index contributed by atoms with van der Waals surface area (Å²) in [6, 6.07) is 10.2. The molecule has 0 radical (unpaired) electrons. The Morgan fingerprint density at radius 2 is 1.90 bits per heavy atom. The Labute approximate surface area is 173 Å². The number of fused-ring (bicyclic) bond motifs is 1. The molecular formula is C20H14ClF2N3O2S. The molecule has 2 N–H and O–H groups in total. The van der Waals surface area contributed by atoms with E-state index in [1.807, 2.05) is 12.1 Å². The van der Waals surface area contributed by atoms with Crippen LogP contribution in [0.3, 0.4) is 0 Å². The fourth-order valence-electron chi connectivity index (χ4n) is 3.20. The molecule has 2 heterocycles. The number of aromatic amines is 1. The van der Waals surface area contributed by atoms with Gasteiger partial charge in [0.25, 0.3) is 5.56 Å². The van der Waals surface area contributed by atoms with Gasteiger partial charge < -0.3 is 10.3 Å². The van der Waals surface area contributed by atoms with Gasteiger partial charge >= 0.3 is 0 Å². The highest BCUT2D eigenvalue weighted by atomic mass is 35.5. The number of amides is 1. The van der Waals surface area contributed by atoms with Crippen molar-refractivity contribution in [1.82, 2.24) is 9.97 Å². The summed E-state index contributed by atoms with van der Waals surface area (Å²) in [6.45, 7) is 0. The minimum atomic E-state index is -0.916. The number of anilines is 1. The van der Waals surface area contributed by atoms with E-state index in [9.17, 15) is 18.4 Å². The number of hydrogen-bond acceptors (Lipinski definition) is 4. The quantitative estimate of drug-likeness (QED) is 0.470. The number of aromatic nitrogens is 2. The molecule has 0 saturated carbocycles. The molecule has 1 aliphatic heterocycles. The number of thioether (sulfide) groups is 1. The molecular weight excluding hydrogens is 420 g/mol. The van der Waals surface area contributed by atoms with Gasteiger partial charge in [-0.2, -0.15) is 0 Å². The molecule has 3 aromatic rings. The average molecular weight is 434 g/mol. The van der Waals surface area contributed by atoms with Gasteiger partial charge in [-0.1, -0.05) is 35.5 Å². The fraction of sp³-hybridized carbons (Fsp3) is 0.150. The monoisotopic (exact) mass is 433 g/mol. The predicted molar refractivity (Wildman–Crippen MR) is 107 cm³/mol. The van der Waals surface area contributed by atoms with Crippen molar-refractivity contribution in [3.05, 3.63) is 86.2 Å². The molecule has 1 aromatic heterocycles. The molecule has 1 atom stereocenters. The number of benzene rings is 2. The molecule has 4 rings (SSSR count). The Kier molecular flexibility index (Phi) is 5.38. The number of carbonyl (C=O) groups excluding carboxylic acids is 1. The first kappa shape index (κ1) is 19.6. The summed E-state index contributed by atoms with van der Waals surface area (Å²) in [5.74, 6) is -2.07. The SMILES string of the molecule is O=C1C[C@H](c2cc(F)ccc2F)c2c(nc(SCc3ccc(Cl)cc3)[nH]c2=O)N1. The van der Waals surface area contributed by atoms with E-state index >= 15 is 0 Å². The first-order chi connectivity index (χ1) is 13.9. The van der Waals surface area contributed by atoms with E-state index in [1.165, 1.54) is 11.8 Å². The van der Waals surface area contributed by atoms with Crippen LogP contribution in [0.4, 0.5) is 14.6 Å². The van der Waals surface area contributed by atoms with Crippen LogP contribution in [-0.4, -0.2) is 15.9 Å². The smallest absolute Gasteiger partial charge is 0.257 e. The molecule has 5 nitrogen and oxygen atoms in total. The van der Waals surface area contributed by atoms with Crippen molar-refractivity contribution in [3.63, 3.8) is 0 Å². The van der Waals surface area contributed by atoms with Gasteiger partial charge in [-0.3, -0.25) is 9.59 Å². The molecule has 0 fully saturated rings. The van der Waals surface area contributed by atoms with Gasteiger partial charge in [-0.25, -0.2) is 13.8 Å². The predicted octanol–water partition coefficient (Wildman–Crippen LogP) is 4.47. The molecule has 0 unspecified atom stereocenters. The summed E-state index contributed by atoms with van der Waals surface area (Å²) in [4.78, 5) is 31.9. The maximum absolute atomic E-state index is 14.3. The van der Waals surface area contributed by atoms with Crippen LogP contribution < -0.4 is 10.9 Å². The van der Waals surface area contributed by atoms with Crippen LogP contribution in [0.2, 0.25) is 5.02 Å². The summed E-state index contributed by atoms with van der Waals surface area (Å²) >= 11 is 7.15. The van der Waals surface area contributed by atoms with Gasteiger partial charge in [-0.05, 0) is 41.5 Å². The van der Waals surface area contributed by atoms with Crippen molar-refractivity contribution in [3.8, 4) is 0 Å². The molecule has 0 aliphatic carbocycles. The number of hydrogen-bond donors (Lipinski definition) is 2. The fourth-order valence-corrected chi connectivity index (χ4v) is 4.14. The van der Waals surface area contributed by atoms with Crippen LogP contribution in [0.5, 0.6) is 0 Å². The molecule has 148 valence electrons. The van der Waals surface area contributed by atoms with Crippen LogP contribution in [0.1, 0.15) is 29.0 Å². The zero-order valence-electron chi connectivity index (χ0n) is 14.8. The molecule has 0 bridgehead atoms. The Morgan fingerprint density at radius 3 is 2.66 bits per heavy atom. The van der Waals surface area contributed by atoms with Crippen LogP contribution in [0, 0.1) is 11.6 Å². The van der Waals surface area contributed by atoms with E-state index in [0.29, 0.717) is 15.9 Å². The molecule has 1 amide bonds. The van der Waals surface area contributed by atoms with Gasteiger partial charge in [0.2, 0.25) is 5.91 Å². The van der Waals surface area contributed by atoms with E-state index in [1.54, 1.807) is 12.1 Å². The maximum atomic E-state index is 14.3. The second-order valence-electron chi connectivity index (χ2n) is 6.52. The number of rotatable bonds is 4. The Hall–Kier alpha value is -2.71. The Morgan fingerprint density at radius 1 is 1.14 bits per heavy atom. The van der Waals surface area contributed by atoms with Crippen molar-refractivity contribution in [2.24, 2.45) is 0 Å². The number of halogens is 3. The third-order valence-corrected chi connectivity index (χ3v) is 5.75. The highest BCUT2D eigenvalue weighted by Crippen LogP contribution is 2.36. The summed E-state index contributed by atoms with van der Waals surface area (Å²) < 4.78 is 27.9. The van der Waals surface area contributed by atoms with Crippen molar-refractivity contribution < 1.29 is 13.6 Å². The lowest BCUT2D eigenvalue weighted by Gasteiger charge is -2.24. The molecule has 0 spiro atoms. The van der Waals surface area contributed by atoms with Crippen molar-refractivity contribution in [1.29, 1.82) is 0 Å². The minimum absolute atomic E-state index is 0.0463. The summed E-state index contributed by atoms with van der Waals surface area (Å²) in [7, 11) is 0. The normalized spacial score (nSPS) is 15.7. The lowest BCUT2D eigenvalue weighted by Crippen LogP contribution is -2.31. The number of H-pyrrole nitrogens is 1. The van der Waals surface area contributed by atoms with Crippen molar-refractivity contribution in [2.75, 3.05) is 5.32 Å².